The second-order valence-corrected chi connectivity index (χ2v) is 6.77. The number of methoxy groups -OCH3 is 1. The van der Waals surface area contributed by atoms with E-state index in [-0.39, 0.29) is 12.1 Å². The monoisotopic (exact) mass is 360 g/mol. The van der Waals surface area contributed by atoms with Crippen LogP contribution < -0.4 is 9.46 Å². The SMILES string of the molecule is COc1ccc(-c2ccc([S+]([O-])N[C@H]3C[C@@H](N=C=S)C3)nc2)nc1. The maximum atomic E-state index is 12.3. The molecule has 0 radical (unpaired) electrons. The Labute approximate surface area is 148 Å². The van der Waals surface area contributed by atoms with E-state index in [1.54, 1.807) is 25.6 Å². The lowest BCUT2D eigenvalue weighted by atomic mass is 9.88. The molecule has 3 rings (SSSR count). The first-order chi connectivity index (χ1) is 11.7. The van der Waals surface area contributed by atoms with Gasteiger partial charge in [0.1, 0.15) is 5.75 Å². The third kappa shape index (κ3) is 3.98. The molecule has 0 saturated heterocycles. The molecule has 0 bridgehead atoms. The van der Waals surface area contributed by atoms with Crippen LogP contribution in [0.2, 0.25) is 0 Å². The Morgan fingerprint density at radius 1 is 1.29 bits per heavy atom. The van der Waals surface area contributed by atoms with E-state index < -0.39 is 11.4 Å². The van der Waals surface area contributed by atoms with Crippen molar-refractivity contribution in [1.82, 2.24) is 14.7 Å². The molecule has 0 aromatic carbocycles. The Morgan fingerprint density at radius 3 is 2.71 bits per heavy atom. The molecule has 2 heterocycles. The molecular weight excluding hydrogens is 344 g/mol. The first-order valence-electron chi connectivity index (χ1n) is 7.41. The van der Waals surface area contributed by atoms with Gasteiger partial charge < -0.3 is 9.29 Å². The summed E-state index contributed by atoms with van der Waals surface area (Å²) < 4.78 is 20.4. The Hall–Kier alpha value is -1.83. The van der Waals surface area contributed by atoms with Crippen molar-refractivity contribution in [3.63, 3.8) is 0 Å². The molecule has 1 aliphatic rings. The van der Waals surface area contributed by atoms with E-state index in [2.05, 4.69) is 37.1 Å². The van der Waals surface area contributed by atoms with Crippen molar-refractivity contribution < 1.29 is 9.29 Å². The average Bonchev–Trinajstić information content (AvgIpc) is 2.60. The van der Waals surface area contributed by atoms with Crippen LogP contribution in [0.15, 0.2) is 46.7 Å². The van der Waals surface area contributed by atoms with Gasteiger partial charge in [0, 0.05) is 17.8 Å². The highest BCUT2D eigenvalue weighted by molar-refractivity contribution is 7.89. The molecule has 0 aliphatic heterocycles. The molecular formula is C16H16N4O2S2. The molecule has 8 heteroatoms. The number of hydrogen-bond donors (Lipinski definition) is 1. The van der Waals surface area contributed by atoms with Gasteiger partial charge >= 0.3 is 0 Å². The summed E-state index contributed by atoms with van der Waals surface area (Å²) in [7, 11) is 1.60. The van der Waals surface area contributed by atoms with Crippen LogP contribution in [0.5, 0.6) is 5.75 Å². The van der Waals surface area contributed by atoms with Crippen LogP contribution in [0.1, 0.15) is 12.8 Å². The minimum Gasteiger partial charge on any atom is -0.592 e. The summed E-state index contributed by atoms with van der Waals surface area (Å²) in [4.78, 5) is 12.6. The highest BCUT2D eigenvalue weighted by atomic mass is 32.2. The zero-order valence-corrected chi connectivity index (χ0v) is 14.6. The standard InChI is InChI=1S/C16H16N4O2S2/c1-22-14-3-4-15(17-9-14)11-2-5-16(18-8-11)24(21)20-13-6-12(7-13)19-10-23/h2-5,8-9,12-13,20H,6-7H2,1H3/t12-,13+,24?. The maximum Gasteiger partial charge on any atom is 0.265 e. The molecule has 1 saturated carbocycles. The summed E-state index contributed by atoms with van der Waals surface area (Å²) in [6, 6.07) is 7.68. The normalized spacial score (nSPS) is 20.6. The van der Waals surface area contributed by atoms with Crippen molar-refractivity contribution in [3.8, 4) is 17.0 Å². The van der Waals surface area contributed by atoms with Gasteiger partial charge in [0.15, 0.2) is 0 Å². The molecule has 2 aromatic heterocycles. The van der Waals surface area contributed by atoms with E-state index >= 15 is 0 Å². The first kappa shape index (κ1) is 17.0. The molecule has 1 fully saturated rings. The second-order valence-electron chi connectivity index (χ2n) is 5.40. The van der Waals surface area contributed by atoms with E-state index in [0.29, 0.717) is 10.8 Å². The number of pyridine rings is 2. The van der Waals surface area contributed by atoms with Gasteiger partial charge in [0.25, 0.3) is 5.03 Å². The van der Waals surface area contributed by atoms with E-state index in [0.717, 1.165) is 24.1 Å². The Balaban J connectivity index is 1.60. The largest absolute Gasteiger partial charge is 0.592 e. The maximum absolute atomic E-state index is 12.3. The number of aromatic nitrogens is 2. The second kappa shape index (κ2) is 7.83. The van der Waals surface area contributed by atoms with E-state index in [9.17, 15) is 4.55 Å². The molecule has 1 unspecified atom stereocenters. The quantitative estimate of drug-likeness (QED) is 0.484. The fourth-order valence-corrected chi connectivity index (χ4v) is 3.49. The Bertz CT molecular complexity index is 727. The minimum absolute atomic E-state index is 0.174. The molecule has 124 valence electrons. The molecule has 0 spiro atoms. The molecule has 6 nitrogen and oxygen atoms in total. The first-order valence-corrected chi connectivity index (χ1v) is 8.97. The van der Waals surface area contributed by atoms with Crippen LogP contribution >= 0.6 is 12.2 Å². The van der Waals surface area contributed by atoms with Gasteiger partial charge in [-0.2, -0.15) is 0 Å². The van der Waals surface area contributed by atoms with Crippen LogP contribution in [0.25, 0.3) is 11.3 Å². The number of nitrogens with one attached hydrogen (secondary N) is 1. The molecule has 2 aromatic rings. The zero-order valence-electron chi connectivity index (χ0n) is 13.0. The molecule has 1 N–H and O–H groups in total. The minimum atomic E-state index is -1.34. The van der Waals surface area contributed by atoms with Crippen molar-refractivity contribution in [2.75, 3.05) is 7.11 Å². The van der Waals surface area contributed by atoms with Crippen LogP contribution in [0, 0.1) is 0 Å². The summed E-state index contributed by atoms with van der Waals surface area (Å²) in [5, 5.41) is 2.88. The van der Waals surface area contributed by atoms with Gasteiger partial charge in [-0.3, -0.25) is 4.98 Å². The summed E-state index contributed by atoms with van der Waals surface area (Å²) in [6.07, 6.45) is 4.97. The number of isothiocyanates is 1. The number of rotatable bonds is 6. The van der Waals surface area contributed by atoms with E-state index in [4.69, 9.17) is 4.74 Å². The molecule has 1 aliphatic carbocycles. The van der Waals surface area contributed by atoms with Crippen molar-refractivity contribution in [3.05, 3.63) is 36.7 Å². The highest BCUT2D eigenvalue weighted by Gasteiger charge is 2.33. The van der Waals surface area contributed by atoms with E-state index in [1.165, 1.54) is 0 Å². The average molecular weight is 360 g/mol. The van der Waals surface area contributed by atoms with Crippen molar-refractivity contribution in [1.29, 1.82) is 0 Å². The summed E-state index contributed by atoms with van der Waals surface area (Å²) in [6.45, 7) is 0. The third-order valence-corrected chi connectivity index (χ3v) is 5.09. The number of hydrogen-bond acceptors (Lipinski definition) is 7. The van der Waals surface area contributed by atoms with Gasteiger partial charge in [0.2, 0.25) is 0 Å². The lowest BCUT2D eigenvalue weighted by molar-refractivity contribution is 0.330. The van der Waals surface area contributed by atoms with Crippen LogP contribution in [-0.4, -0.2) is 38.9 Å². The third-order valence-electron chi connectivity index (χ3n) is 3.82. The molecule has 1 atom stereocenters. The van der Waals surface area contributed by atoms with Gasteiger partial charge in [-0.05, 0) is 43.3 Å². The zero-order chi connectivity index (χ0) is 16.9. The Morgan fingerprint density at radius 2 is 2.12 bits per heavy atom. The van der Waals surface area contributed by atoms with E-state index in [1.807, 2.05) is 18.2 Å². The van der Waals surface area contributed by atoms with Crippen molar-refractivity contribution in [2.24, 2.45) is 4.99 Å². The highest BCUT2D eigenvalue weighted by Crippen LogP contribution is 2.25. The van der Waals surface area contributed by atoms with Gasteiger partial charge in [0.05, 0.1) is 47.6 Å². The summed E-state index contributed by atoms with van der Waals surface area (Å²) >= 11 is 3.24. The van der Waals surface area contributed by atoms with Crippen molar-refractivity contribution >= 4 is 28.7 Å². The predicted molar refractivity (Wildman–Crippen MR) is 95.4 cm³/mol. The number of thiocarbonyl (C=S) groups is 1. The summed E-state index contributed by atoms with van der Waals surface area (Å²) in [5.41, 5.74) is 1.64. The predicted octanol–water partition coefficient (Wildman–Crippen LogP) is 2.40. The fourth-order valence-electron chi connectivity index (χ4n) is 2.39. The van der Waals surface area contributed by atoms with Gasteiger partial charge in [-0.1, -0.05) is 0 Å². The molecule has 0 amide bonds. The smallest absolute Gasteiger partial charge is 0.265 e. The fraction of sp³-hybridized carbons (Fsp3) is 0.312. The Kier molecular flexibility index (Phi) is 5.55. The van der Waals surface area contributed by atoms with Crippen LogP contribution in [-0.2, 0) is 11.4 Å². The van der Waals surface area contributed by atoms with Gasteiger partial charge in [-0.15, -0.1) is 4.72 Å². The topological polar surface area (TPSA) is 82.5 Å². The number of nitrogens with zero attached hydrogens (tertiary/aromatic N) is 3. The lowest BCUT2D eigenvalue weighted by Gasteiger charge is -2.31. The number of ether oxygens (including phenoxy) is 1. The van der Waals surface area contributed by atoms with Crippen LogP contribution in [0.4, 0.5) is 0 Å². The molecule has 24 heavy (non-hydrogen) atoms. The van der Waals surface area contributed by atoms with Crippen molar-refractivity contribution in [2.45, 2.75) is 30.0 Å². The summed E-state index contributed by atoms with van der Waals surface area (Å²) in [5.74, 6) is 0.699. The van der Waals surface area contributed by atoms with Gasteiger partial charge in [-0.25, -0.2) is 9.98 Å². The number of aliphatic imine (C=N–C) groups is 1. The van der Waals surface area contributed by atoms with Crippen LogP contribution in [0.3, 0.4) is 0 Å². The lowest BCUT2D eigenvalue weighted by Crippen LogP contribution is -2.46.